The minimum atomic E-state index is -0.317. The monoisotopic (exact) mass is 220 g/mol. The van der Waals surface area contributed by atoms with Gasteiger partial charge in [-0.15, -0.1) is 0 Å². The number of benzene rings is 2. The molecule has 2 rings (SSSR count). The summed E-state index contributed by atoms with van der Waals surface area (Å²) in [5.74, 6) is 4.78. The maximum atomic E-state index is 11.5. The summed E-state index contributed by atoms with van der Waals surface area (Å²) in [5, 5.41) is 2.27. The number of hydrazine groups is 1. The molecule has 4 heteroatoms. The molecule has 0 bridgehead atoms. The molecular weight excluding hydrogens is 212 g/mol. The Labute approximate surface area is 91.8 Å². The van der Waals surface area contributed by atoms with Crippen LogP contribution in [0.5, 0.6) is 0 Å². The predicted molar refractivity (Wildman–Crippen MR) is 60.6 cm³/mol. The van der Waals surface area contributed by atoms with Crippen LogP contribution < -0.4 is 11.3 Å². The first-order chi connectivity index (χ1) is 7.24. The van der Waals surface area contributed by atoms with Crippen molar-refractivity contribution in [1.82, 2.24) is 5.43 Å². The van der Waals surface area contributed by atoms with Gasteiger partial charge >= 0.3 is 0 Å². The lowest BCUT2D eigenvalue weighted by Gasteiger charge is -2.05. The Morgan fingerprint density at radius 2 is 1.80 bits per heavy atom. The third kappa shape index (κ3) is 1.67. The van der Waals surface area contributed by atoms with Crippen molar-refractivity contribution in [2.75, 3.05) is 0 Å². The number of carbonyl (C=O) groups is 1. The average Bonchev–Trinajstić information content (AvgIpc) is 2.28. The van der Waals surface area contributed by atoms with E-state index in [4.69, 9.17) is 17.4 Å². The van der Waals surface area contributed by atoms with Crippen LogP contribution in [-0.2, 0) is 0 Å². The van der Waals surface area contributed by atoms with E-state index in [0.29, 0.717) is 10.6 Å². The van der Waals surface area contributed by atoms with Gasteiger partial charge < -0.3 is 0 Å². The fourth-order valence-electron chi connectivity index (χ4n) is 1.55. The van der Waals surface area contributed by atoms with Gasteiger partial charge in [0.05, 0.1) is 0 Å². The third-order valence-electron chi connectivity index (χ3n) is 2.24. The van der Waals surface area contributed by atoms with E-state index in [1.54, 1.807) is 24.3 Å². The summed E-state index contributed by atoms with van der Waals surface area (Å²) >= 11 is 6.01. The maximum Gasteiger partial charge on any atom is 0.265 e. The highest BCUT2D eigenvalue weighted by molar-refractivity contribution is 6.36. The molecule has 0 radical (unpaired) electrons. The molecule has 0 saturated carbocycles. The number of halogens is 1. The first kappa shape index (κ1) is 9.96. The third-order valence-corrected chi connectivity index (χ3v) is 2.57. The van der Waals surface area contributed by atoms with Crippen LogP contribution in [0.2, 0.25) is 5.02 Å². The van der Waals surface area contributed by atoms with Crippen LogP contribution in [0.15, 0.2) is 36.4 Å². The highest BCUT2D eigenvalue weighted by atomic mass is 35.5. The number of nitrogens with two attached hydrogens (primary N) is 1. The molecule has 0 aliphatic carbocycles. The lowest BCUT2D eigenvalue weighted by molar-refractivity contribution is 0.0955. The van der Waals surface area contributed by atoms with Gasteiger partial charge in [-0.3, -0.25) is 10.2 Å². The van der Waals surface area contributed by atoms with Gasteiger partial charge in [0, 0.05) is 16.0 Å². The number of hydrogen-bond acceptors (Lipinski definition) is 2. The van der Waals surface area contributed by atoms with Gasteiger partial charge in [0.25, 0.3) is 5.91 Å². The first-order valence-corrected chi connectivity index (χ1v) is 4.80. The molecule has 0 heterocycles. The van der Waals surface area contributed by atoms with Crippen molar-refractivity contribution >= 4 is 28.3 Å². The smallest absolute Gasteiger partial charge is 0.265 e. The number of nitrogen functional groups attached to an aromatic ring is 1. The van der Waals surface area contributed by atoms with Crippen molar-refractivity contribution in [3.05, 3.63) is 47.0 Å². The summed E-state index contributed by atoms with van der Waals surface area (Å²) in [5.41, 5.74) is 2.64. The van der Waals surface area contributed by atoms with Crippen molar-refractivity contribution in [2.45, 2.75) is 0 Å². The summed E-state index contributed by atoms with van der Waals surface area (Å²) in [4.78, 5) is 11.5. The molecule has 0 aliphatic heterocycles. The number of hydrogen-bond donors (Lipinski definition) is 2. The van der Waals surface area contributed by atoms with Crippen LogP contribution in [0.1, 0.15) is 10.4 Å². The van der Waals surface area contributed by atoms with Crippen molar-refractivity contribution < 1.29 is 4.79 Å². The minimum Gasteiger partial charge on any atom is -0.290 e. The van der Waals surface area contributed by atoms with Gasteiger partial charge in [0.15, 0.2) is 0 Å². The zero-order chi connectivity index (χ0) is 10.8. The van der Waals surface area contributed by atoms with Gasteiger partial charge in [0.1, 0.15) is 0 Å². The standard InChI is InChI=1S/C11H9ClN2O/c12-10-6-2-3-7-8(10)4-1-5-9(7)11(15)14-13/h1-6H,13H2,(H,14,15). The Bertz CT molecular complexity index is 525. The molecule has 76 valence electrons. The van der Waals surface area contributed by atoms with E-state index in [2.05, 4.69) is 5.43 Å². The lowest BCUT2D eigenvalue weighted by Crippen LogP contribution is -2.30. The topological polar surface area (TPSA) is 55.1 Å². The molecule has 0 saturated heterocycles. The normalized spacial score (nSPS) is 10.3. The number of amides is 1. The molecule has 0 atom stereocenters. The number of rotatable bonds is 1. The van der Waals surface area contributed by atoms with Crippen LogP contribution in [0.25, 0.3) is 10.8 Å². The second-order valence-corrected chi connectivity index (χ2v) is 3.52. The average molecular weight is 221 g/mol. The van der Waals surface area contributed by atoms with Crippen molar-refractivity contribution in [1.29, 1.82) is 0 Å². The molecule has 0 fully saturated rings. The van der Waals surface area contributed by atoms with Crippen LogP contribution in [0.4, 0.5) is 0 Å². The van der Waals surface area contributed by atoms with Gasteiger partial charge in [0.2, 0.25) is 0 Å². The summed E-state index contributed by atoms with van der Waals surface area (Å²) in [6.45, 7) is 0. The van der Waals surface area contributed by atoms with E-state index < -0.39 is 0 Å². The van der Waals surface area contributed by atoms with Gasteiger partial charge in [-0.2, -0.15) is 0 Å². The van der Waals surface area contributed by atoms with Crippen molar-refractivity contribution in [2.24, 2.45) is 5.84 Å². The van der Waals surface area contributed by atoms with Crippen LogP contribution in [0.3, 0.4) is 0 Å². The largest absolute Gasteiger partial charge is 0.290 e. The van der Waals surface area contributed by atoms with E-state index in [1.807, 2.05) is 12.1 Å². The first-order valence-electron chi connectivity index (χ1n) is 4.42. The summed E-state index contributed by atoms with van der Waals surface area (Å²) < 4.78 is 0. The Morgan fingerprint density at radius 1 is 1.13 bits per heavy atom. The molecule has 1 amide bonds. The van der Waals surface area contributed by atoms with Crippen molar-refractivity contribution in [3.63, 3.8) is 0 Å². The predicted octanol–water partition coefficient (Wildman–Crippen LogP) is 2.10. The quantitative estimate of drug-likeness (QED) is 0.439. The van der Waals surface area contributed by atoms with Crippen molar-refractivity contribution in [3.8, 4) is 0 Å². The van der Waals surface area contributed by atoms with Gasteiger partial charge in [-0.25, -0.2) is 5.84 Å². The second-order valence-electron chi connectivity index (χ2n) is 3.11. The van der Waals surface area contributed by atoms with Crippen LogP contribution in [-0.4, -0.2) is 5.91 Å². The highest BCUT2D eigenvalue weighted by Crippen LogP contribution is 2.25. The number of carbonyl (C=O) groups excluding carboxylic acids is 1. The summed E-state index contributed by atoms with van der Waals surface area (Å²) in [6.07, 6.45) is 0. The SMILES string of the molecule is NNC(=O)c1cccc2c(Cl)cccc12. The molecule has 0 spiro atoms. The minimum absolute atomic E-state index is 0.317. The summed E-state index contributed by atoms with van der Waals surface area (Å²) in [6, 6.07) is 10.8. The van der Waals surface area contributed by atoms with E-state index >= 15 is 0 Å². The van der Waals surface area contributed by atoms with E-state index in [9.17, 15) is 4.79 Å². The second kappa shape index (κ2) is 3.88. The molecule has 2 aromatic rings. The maximum absolute atomic E-state index is 11.5. The zero-order valence-corrected chi connectivity index (χ0v) is 8.58. The molecule has 0 aromatic heterocycles. The Balaban J connectivity index is 2.77. The highest BCUT2D eigenvalue weighted by Gasteiger charge is 2.08. The van der Waals surface area contributed by atoms with E-state index in [1.165, 1.54) is 0 Å². The molecule has 0 unspecified atom stereocenters. The summed E-state index contributed by atoms with van der Waals surface area (Å²) in [7, 11) is 0. The molecular formula is C11H9ClN2O. The molecule has 15 heavy (non-hydrogen) atoms. The van der Waals surface area contributed by atoms with E-state index in [0.717, 1.165) is 10.8 Å². The molecule has 0 aliphatic rings. The fourth-order valence-corrected chi connectivity index (χ4v) is 1.78. The zero-order valence-electron chi connectivity index (χ0n) is 7.83. The number of nitrogens with one attached hydrogen (secondary N) is 1. The van der Waals surface area contributed by atoms with Crippen LogP contribution in [0, 0.1) is 0 Å². The fraction of sp³-hybridized carbons (Fsp3) is 0. The van der Waals surface area contributed by atoms with Gasteiger partial charge in [-0.1, -0.05) is 35.9 Å². The van der Waals surface area contributed by atoms with Crippen LogP contribution >= 0.6 is 11.6 Å². The lowest BCUT2D eigenvalue weighted by atomic mass is 10.0. The number of fused-ring (bicyclic) bond motifs is 1. The Kier molecular flexibility index (Phi) is 2.58. The van der Waals surface area contributed by atoms with Gasteiger partial charge in [-0.05, 0) is 17.5 Å². The molecule has 3 N–H and O–H groups in total. The molecule has 3 nitrogen and oxygen atoms in total. The Hall–Kier alpha value is -1.58. The molecule has 2 aromatic carbocycles. The Morgan fingerprint density at radius 3 is 2.53 bits per heavy atom. The van der Waals surface area contributed by atoms with E-state index in [-0.39, 0.29) is 5.91 Å².